The summed E-state index contributed by atoms with van der Waals surface area (Å²) in [6, 6.07) is 6.34. The molecule has 0 aliphatic rings. The third-order valence-electron chi connectivity index (χ3n) is 2.35. The molecule has 0 heterocycles. The van der Waals surface area contributed by atoms with E-state index in [0.717, 1.165) is 0 Å². The predicted octanol–water partition coefficient (Wildman–Crippen LogP) is 2.27. The van der Waals surface area contributed by atoms with Crippen molar-refractivity contribution in [1.29, 1.82) is 0 Å². The van der Waals surface area contributed by atoms with Crippen LogP contribution in [0.1, 0.15) is 20.3 Å². The monoisotopic (exact) mass is 262 g/mol. The molecular formula is C11H15ClO3S. The number of sulfone groups is 1. The molecule has 3 nitrogen and oxygen atoms in total. The molecule has 16 heavy (non-hydrogen) atoms. The second kappa shape index (κ2) is 5.17. The fourth-order valence-corrected chi connectivity index (χ4v) is 3.53. The lowest BCUT2D eigenvalue weighted by Gasteiger charge is -2.15. The molecule has 2 atom stereocenters. The molecule has 0 saturated heterocycles. The first-order chi connectivity index (χ1) is 7.35. The van der Waals surface area contributed by atoms with Crippen molar-refractivity contribution in [2.45, 2.75) is 36.5 Å². The number of benzene rings is 1. The van der Waals surface area contributed by atoms with Gasteiger partial charge in [0.25, 0.3) is 0 Å². The summed E-state index contributed by atoms with van der Waals surface area (Å²) < 4.78 is 24.2. The average Bonchev–Trinajstić information content (AvgIpc) is 2.16. The number of aliphatic hydroxyl groups excluding tert-OH is 1. The molecule has 0 radical (unpaired) electrons. The van der Waals surface area contributed by atoms with Crippen molar-refractivity contribution < 1.29 is 13.5 Å². The van der Waals surface area contributed by atoms with Crippen molar-refractivity contribution in [3.8, 4) is 0 Å². The summed E-state index contributed by atoms with van der Waals surface area (Å²) in [5.74, 6) is 0. The Morgan fingerprint density at radius 2 is 1.88 bits per heavy atom. The van der Waals surface area contributed by atoms with Gasteiger partial charge in [-0.3, -0.25) is 0 Å². The van der Waals surface area contributed by atoms with E-state index in [1.807, 2.05) is 0 Å². The van der Waals surface area contributed by atoms with Crippen LogP contribution in [0, 0.1) is 0 Å². The van der Waals surface area contributed by atoms with Crippen LogP contribution in [-0.4, -0.2) is 24.9 Å². The normalized spacial score (nSPS) is 15.8. The van der Waals surface area contributed by atoms with Crippen molar-refractivity contribution >= 4 is 21.4 Å². The molecule has 90 valence electrons. The van der Waals surface area contributed by atoms with Crippen molar-refractivity contribution in [1.82, 2.24) is 0 Å². The molecule has 0 bridgehead atoms. The second-order valence-corrected chi connectivity index (χ2v) is 6.61. The van der Waals surface area contributed by atoms with E-state index in [9.17, 15) is 13.5 Å². The van der Waals surface area contributed by atoms with Crippen LogP contribution in [0.2, 0.25) is 5.02 Å². The van der Waals surface area contributed by atoms with Gasteiger partial charge in [-0.1, -0.05) is 23.7 Å². The zero-order chi connectivity index (χ0) is 12.3. The molecule has 1 aromatic rings. The smallest absolute Gasteiger partial charge is 0.182 e. The van der Waals surface area contributed by atoms with E-state index in [-0.39, 0.29) is 16.3 Å². The maximum absolute atomic E-state index is 12.1. The highest BCUT2D eigenvalue weighted by atomic mass is 35.5. The number of rotatable bonds is 4. The summed E-state index contributed by atoms with van der Waals surface area (Å²) in [4.78, 5) is 0.129. The van der Waals surface area contributed by atoms with Gasteiger partial charge in [0.05, 0.1) is 21.3 Å². The van der Waals surface area contributed by atoms with E-state index in [0.29, 0.717) is 0 Å². The third kappa shape index (κ3) is 2.97. The van der Waals surface area contributed by atoms with Crippen LogP contribution in [-0.2, 0) is 9.84 Å². The van der Waals surface area contributed by atoms with Gasteiger partial charge in [0.1, 0.15) is 0 Å². The first kappa shape index (κ1) is 13.5. The Morgan fingerprint density at radius 3 is 2.38 bits per heavy atom. The quantitative estimate of drug-likeness (QED) is 0.906. The fourth-order valence-electron chi connectivity index (χ4n) is 1.50. The van der Waals surface area contributed by atoms with E-state index in [4.69, 9.17) is 11.6 Å². The zero-order valence-corrected chi connectivity index (χ0v) is 10.8. The lowest BCUT2D eigenvalue weighted by molar-refractivity contribution is 0.184. The summed E-state index contributed by atoms with van der Waals surface area (Å²) in [6.07, 6.45) is -0.444. The standard InChI is InChI=1S/C11H15ClO3S/c1-8(13)7-9(2)16(14,15)11-6-4-3-5-10(11)12/h3-6,8-9,13H,7H2,1-2H3. The maximum Gasteiger partial charge on any atom is 0.182 e. The van der Waals surface area contributed by atoms with Crippen LogP contribution in [0.25, 0.3) is 0 Å². The Bertz CT molecular complexity index is 454. The molecule has 1 N–H and O–H groups in total. The van der Waals surface area contributed by atoms with E-state index >= 15 is 0 Å². The Morgan fingerprint density at radius 1 is 1.31 bits per heavy atom. The van der Waals surface area contributed by atoms with Gasteiger partial charge in [0.2, 0.25) is 0 Å². The van der Waals surface area contributed by atoms with Gasteiger partial charge in [-0.2, -0.15) is 0 Å². The van der Waals surface area contributed by atoms with Crippen molar-refractivity contribution in [2.24, 2.45) is 0 Å². The number of hydrogen-bond acceptors (Lipinski definition) is 3. The minimum absolute atomic E-state index is 0.129. The second-order valence-electron chi connectivity index (χ2n) is 3.87. The number of halogens is 1. The van der Waals surface area contributed by atoms with Crippen LogP contribution < -0.4 is 0 Å². The first-order valence-corrected chi connectivity index (χ1v) is 6.94. The van der Waals surface area contributed by atoms with Gasteiger partial charge in [-0.25, -0.2) is 8.42 Å². The largest absolute Gasteiger partial charge is 0.393 e. The third-order valence-corrected chi connectivity index (χ3v) is 5.01. The summed E-state index contributed by atoms with van der Waals surface area (Å²) in [5, 5.41) is 8.78. The molecule has 0 aliphatic heterocycles. The SMILES string of the molecule is CC(O)CC(C)S(=O)(=O)c1ccccc1Cl. The summed E-state index contributed by atoms with van der Waals surface area (Å²) in [5.41, 5.74) is 0. The molecule has 1 aromatic carbocycles. The molecule has 2 unspecified atom stereocenters. The lowest BCUT2D eigenvalue weighted by Crippen LogP contribution is -2.22. The van der Waals surface area contributed by atoms with Gasteiger partial charge in [-0.05, 0) is 32.4 Å². The highest BCUT2D eigenvalue weighted by Gasteiger charge is 2.26. The average molecular weight is 263 g/mol. The molecule has 0 spiro atoms. The minimum Gasteiger partial charge on any atom is -0.393 e. The molecule has 0 amide bonds. The molecule has 1 rings (SSSR count). The van der Waals surface area contributed by atoms with Crippen LogP contribution in [0.3, 0.4) is 0 Å². The lowest BCUT2D eigenvalue weighted by atomic mass is 10.2. The molecule has 0 aliphatic carbocycles. The van der Waals surface area contributed by atoms with E-state index in [1.165, 1.54) is 6.07 Å². The Balaban J connectivity index is 3.08. The van der Waals surface area contributed by atoms with Crippen molar-refractivity contribution in [3.63, 3.8) is 0 Å². The van der Waals surface area contributed by atoms with Gasteiger partial charge in [0, 0.05) is 0 Å². The fraction of sp³-hybridized carbons (Fsp3) is 0.455. The Hall–Kier alpha value is -0.580. The van der Waals surface area contributed by atoms with Crippen molar-refractivity contribution in [3.05, 3.63) is 29.3 Å². The summed E-state index contributed by atoms with van der Waals surface area (Å²) in [6.45, 7) is 3.14. The number of hydrogen-bond donors (Lipinski definition) is 1. The van der Waals surface area contributed by atoms with Crippen LogP contribution in [0.5, 0.6) is 0 Å². The Labute approximate surface area is 101 Å². The molecule has 0 fully saturated rings. The number of aliphatic hydroxyl groups is 1. The van der Waals surface area contributed by atoms with Crippen molar-refractivity contribution in [2.75, 3.05) is 0 Å². The summed E-state index contributed by atoms with van der Waals surface area (Å²) >= 11 is 5.85. The van der Waals surface area contributed by atoms with E-state index in [2.05, 4.69) is 0 Å². The van der Waals surface area contributed by atoms with Gasteiger partial charge >= 0.3 is 0 Å². The van der Waals surface area contributed by atoms with E-state index in [1.54, 1.807) is 32.0 Å². The maximum atomic E-state index is 12.1. The molecular weight excluding hydrogens is 248 g/mol. The highest BCUT2D eigenvalue weighted by molar-refractivity contribution is 7.92. The van der Waals surface area contributed by atoms with Crippen LogP contribution in [0.4, 0.5) is 0 Å². The van der Waals surface area contributed by atoms with Gasteiger partial charge in [-0.15, -0.1) is 0 Å². The van der Waals surface area contributed by atoms with Crippen LogP contribution >= 0.6 is 11.6 Å². The molecule has 5 heteroatoms. The topological polar surface area (TPSA) is 54.4 Å². The highest BCUT2D eigenvalue weighted by Crippen LogP contribution is 2.26. The zero-order valence-electron chi connectivity index (χ0n) is 9.22. The predicted molar refractivity (Wildman–Crippen MR) is 64.4 cm³/mol. The van der Waals surface area contributed by atoms with Crippen LogP contribution in [0.15, 0.2) is 29.2 Å². The molecule has 0 aromatic heterocycles. The van der Waals surface area contributed by atoms with E-state index < -0.39 is 21.2 Å². The molecule has 0 saturated carbocycles. The first-order valence-electron chi connectivity index (χ1n) is 5.02. The minimum atomic E-state index is -3.46. The Kier molecular flexibility index (Phi) is 4.35. The van der Waals surface area contributed by atoms with Gasteiger partial charge in [0.15, 0.2) is 9.84 Å². The van der Waals surface area contributed by atoms with Gasteiger partial charge < -0.3 is 5.11 Å². The summed E-state index contributed by atoms with van der Waals surface area (Å²) in [7, 11) is -3.46.